The maximum atomic E-state index is 11.2. The molecule has 1 heterocycles. The van der Waals surface area contributed by atoms with E-state index in [1.165, 1.54) is 19.4 Å². The molecule has 1 N–H and O–H groups in total. The highest BCUT2D eigenvalue weighted by Gasteiger charge is 2.23. The van der Waals surface area contributed by atoms with Gasteiger partial charge in [-0.2, -0.15) is 0 Å². The van der Waals surface area contributed by atoms with Gasteiger partial charge in [-0.25, -0.2) is 14.6 Å². The van der Waals surface area contributed by atoms with Gasteiger partial charge in [0.2, 0.25) is 0 Å². The average molecular weight is 211 g/mol. The Morgan fingerprint density at radius 3 is 2.53 bits per heavy atom. The zero-order valence-corrected chi connectivity index (χ0v) is 8.18. The lowest BCUT2D eigenvalue weighted by molar-refractivity contribution is 0.0574. The molecule has 0 aromatic carbocycles. The summed E-state index contributed by atoms with van der Waals surface area (Å²) in [6.45, 7) is 0. The van der Waals surface area contributed by atoms with Gasteiger partial charge in [0.15, 0.2) is 5.69 Å². The first kappa shape index (κ1) is 11.0. The number of ether oxygens (including phenoxy) is 2. The van der Waals surface area contributed by atoms with Gasteiger partial charge in [-0.1, -0.05) is 0 Å². The van der Waals surface area contributed by atoms with Gasteiger partial charge >= 0.3 is 11.9 Å². The smallest absolute Gasteiger partial charge is 0.357 e. The number of methoxy groups -OCH3 is 2. The van der Waals surface area contributed by atoms with E-state index in [0.29, 0.717) is 0 Å². The summed E-state index contributed by atoms with van der Waals surface area (Å²) in [5, 5.41) is 8.89. The van der Waals surface area contributed by atoms with Crippen molar-refractivity contribution in [2.45, 2.75) is 0 Å². The van der Waals surface area contributed by atoms with E-state index in [-0.39, 0.29) is 17.0 Å². The number of carbonyl (C=O) groups is 2. The Bertz CT molecular complexity index is 401. The molecule has 1 rings (SSSR count). The normalized spacial score (nSPS) is 9.47. The number of nitrogens with zero attached hydrogens (tertiary/aromatic N) is 1. The Morgan fingerprint density at radius 2 is 2.07 bits per heavy atom. The third kappa shape index (κ3) is 2.04. The standard InChI is InChI=1S/C9H9NO5/c1-14-5-3-4-10-7(9(13)15-2)6(5)8(11)12/h3-4H,1-2H3,(H,11,12). The molecule has 0 aliphatic carbocycles. The van der Waals surface area contributed by atoms with Crippen LogP contribution in [-0.4, -0.2) is 36.2 Å². The minimum atomic E-state index is -1.29. The summed E-state index contributed by atoms with van der Waals surface area (Å²) in [4.78, 5) is 25.7. The fraction of sp³-hybridized carbons (Fsp3) is 0.222. The van der Waals surface area contributed by atoms with Gasteiger partial charge in [0.1, 0.15) is 11.3 Å². The van der Waals surface area contributed by atoms with Crippen molar-refractivity contribution in [2.24, 2.45) is 0 Å². The number of pyridine rings is 1. The van der Waals surface area contributed by atoms with Gasteiger partial charge in [0.05, 0.1) is 14.2 Å². The second kappa shape index (κ2) is 4.41. The molecule has 0 atom stereocenters. The van der Waals surface area contributed by atoms with Gasteiger partial charge in [-0.05, 0) is 6.07 Å². The number of aromatic carboxylic acids is 1. The van der Waals surface area contributed by atoms with Crippen molar-refractivity contribution in [1.29, 1.82) is 0 Å². The van der Waals surface area contributed by atoms with E-state index < -0.39 is 11.9 Å². The molecule has 0 saturated carbocycles. The first-order valence-electron chi connectivity index (χ1n) is 3.96. The molecule has 0 bridgehead atoms. The van der Waals surface area contributed by atoms with Crippen molar-refractivity contribution in [2.75, 3.05) is 14.2 Å². The van der Waals surface area contributed by atoms with E-state index >= 15 is 0 Å². The van der Waals surface area contributed by atoms with Crippen LogP contribution >= 0.6 is 0 Å². The Balaban J connectivity index is 3.38. The molecule has 0 spiro atoms. The maximum Gasteiger partial charge on any atom is 0.357 e. The topological polar surface area (TPSA) is 85.7 Å². The highest BCUT2D eigenvalue weighted by Crippen LogP contribution is 2.20. The average Bonchev–Trinajstić information content (AvgIpc) is 2.26. The summed E-state index contributed by atoms with van der Waals surface area (Å²) in [6.07, 6.45) is 1.28. The lowest BCUT2D eigenvalue weighted by Gasteiger charge is -2.07. The monoisotopic (exact) mass is 211 g/mol. The minimum absolute atomic E-state index is 0.0675. The molecule has 1 aromatic rings. The maximum absolute atomic E-state index is 11.2. The van der Waals surface area contributed by atoms with E-state index in [9.17, 15) is 9.59 Å². The molecular formula is C9H9NO5. The van der Waals surface area contributed by atoms with E-state index in [1.807, 2.05) is 0 Å². The summed E-state index contributed by atoms with van der Waals surface area (Å²) >= 11 is 0. The Morgan fingerprint density at radius 1 is 1.40 bits per heavy atom. The van der Waals surface area contributed by atoms with Crippen LogP contribution in [0.4, 0.5) is 0 Å². The molecule has 0 unspecified atom stereocenters. The van der Waals surface area contributed by atoms with E-state index in [2.05, 4.69) is 9.72 Å². The SMILES string of the molecule is COC(=O)c1nccc(OC)c1C(=O)O. The van der Waals surface area contributed by atoms with Crippen molar-refractivity contribution in [3.63, 3.8) is 0 Å². The molecule has 1 aromatic heterocycles. The van der Waals surface area contributed by atoms with Crippen LogP contribution in [0.5, 0.6) is 5.75 Å². The molecule has 6 heteroatoms. The Kier molecular flexibility index (Phi) is 3.22. The number of esters is 1. The van der Waals surface area contributed by atoms with Gasteiger partial charge in [-0.3, -0.25) is 0 Å². The second-order valence-electron chi connectivity index (χ2n) is 2.53. The third-order valence-corrected chi connectivity index (χ3v) is 1.73. The number of carboxylic acids is 1. The zero-order valence-electron chi connectivity index (χ0n) is 8.18. The lowest BCUT2D eigenvalue weighted by Crippen LogP contribution is -2.13. The fourth-order valence-corrected chi connectivity index (χ4v) is 1.07. The highest BCUT2D eigenvalue weighted by atomic mass is 16.5. The van der Waals surface area contributed by atoms with E-state index in [1.54, 1.807) is 0 Å². The number of carbonyl (C=O) groups excluding carboxylic acids is 1. The van der Waals surface area contributed by atoms with E-state index in [0.717, 1.165) is 7.11 Å². The van der Waals surface area contributed by atoms with Crippen LogP contribution in [0.3, 0.4) is 0 Å². The summed E-state index contributed by atoms with van der Waals surface area (Å²) in [5.41, 5.74) is -0.573. The summed E-state index contributed by atoms with van der Waals surface area (Å²) in [5.74, 6) is -2.04. The molecule has 80 valence electrons. The summed E-state index contributed by atoms with van der Waals surface area (Å²) in [7, 11) is 2.46. The van der Waals surface area contributed by atoms with Gasteiger partial charge < -0.3 is 14.6 Å². The van der Waals surface area contributed by atoms with Crippen LogP contribution in [0.15, 0.2) is 12.3 Å². The molecule has 6 nitrogen and oxygen atoms in total. The van der Waals surface area contributed by atoms with Crippen LogP contribution < -0.4 is 4.74 Å². The van der Waals surface area contributed by atoms with Crippen LogP contribution in [0.2, 0.25) is 0 Å². The van der Waals surface area contributed by atoms with Crippen LogP contribution in [0.1, 0.15) is 20.8 Å². The number of aromatic nitrogens is 1. The molecule has 0 amide bonds. The lowest BCUT2D eigenvalue weighted by atomic mass is 10.1. The first-order chi connectivity index (χ1) is 7.11. The largest absolute Gasteiger partial charge is 0.496 e. The molecule has 0 fully saturated rings. The second-order valence-corrected chi connectivity index (χ2v) is 2.53. The highest BCUT2D eigenvalue weighted by molar-refractivity contribution is 6.02. The van der Waals surface area contributed by atoms with Gasteiger partial charge in [0, 0.05) is 6.20 Å². The first-order valence-corrected chi connectivity index (χ1v) is 3.96. The zero-order chi connectivity index (χ0) is 11.4. The van der Waals surface area contributed by atoms with Crippen molar-refractivity contribution in [1.82, 2.24) is 4.98 Å². The minimum Gasteiger partial charge on any atom is -0.496 e. The Hall–Kier alpha value is -2.11. The molecule has 0 radical (unpaired) electrons. The van der Waals surface area contributed by atoms with Crippen LogP contribution in [0.25, 0.3) is 0 Å². The Labute approximate surface area is 85.5 Å². The van der Waals surface area contributed by atoms with Crippen molar-refractivity contribution < 1.29 is 24.2 Å². The van der Waals surface area contributed by atoms with E-state index in [4.69, 9.17) is 9.84 Å². The predicted molar refractivity (Wildman–Crippen MR) is 49.1 cm³/mol. The molecule has 0 saturated heterocycles. The number of hydrogen-bond donors (Lipinski definition) is 1. The molecule has 15 heavy (non-hydrogen) atoms. The van der Waals surface area contributed by atoms with Gasteiger partial charge in [-0.15, -0.1) is 0 Å². The molecule has 0 aliphatic rings. The molecule has 0 aliphatic heterocycles. The summed E-state index contributed by atoms with van der Waals surface area (Å²) in [6, 6.07) is 1.36. The van der Waals surface area contributed by atoms with Crippen molar-refractivity contribution >= 4 is 11.9 Å². The molecular weight excluding hydrogens is 202 g/mol. The van der Waals surface area contributed by atoms with Crippen LogP contribution in [0, 0.1) is 0 Å². The fourth-order valence-electron chi connectivity index (χ4n) is 1.07. The van der Waals surface area contributed by atoms with Crippen LogP contribution in [-0.2, 0) is 4.74 Å². The van der Waals surface area contributed by atoms with Gasteiger partial charge in [0.25, 0.3) is 0 Å². The quantitative estimate of drug-likeness (QED) is 0.736. The van der Waals surface area contributed by atoms with Crippen molar-refractivity contribution in [3.8, 4) is 5.75 Å². The van der Waals surface area contributed by atoms with Crippen molar-refractivity contribution in [3.05, 3.63) is 23.5 Å². The number of hydrogen-bond acceptors (Lipinski definition) is 5. The third-order valence-electron chi connectivity index (χ3n) is 1.73. The number of carboxylic acid groups (broad SMARTS) is 1. The predicted octanol–water partition coefficient (Wildman–Crippen LogP) is 0.575. The summed E-state index contributed by atoms with van der Waals surface area (Å²) < 4.78 is 9.22. The number of rotatable bonds is 3.